The highest BCUT2D eigenvalue weighted by Gasteiger charge is 2.52. The van der Waals surface area contributed by atoms with Gasteiger partial charge in [0.25, 0.3) is 0 Å². The van der Waals surface area contributed by atoms with Gasteiger partial charge in [-0.25, -0.2) is 4.98 Å². The lowest BCUT2D eigenvalue weighted by atomic mass is 9.72. The fourth-order valence-electron chi connectivity index (χ4n) is 2.78. The highest BCUT2D eigenvalue weighted by Crippen LogP contribution is 2.38. The zero-order valence-corrected chi connectivity index (χ0v) is 11.1. The minimum atomic E-state index is 0.105. The summed E-state index contributed by atoms with van der Waals surface area (Å²) in [5.74, 6) is 1.64. The average Bonchev–Trinajstić information content (AvgIpc) is 2.88. The number of nitrogens with two attached hydrogens (primary N) is 1. The molecule has 6 nitrogen and oxygen atoms in total. The normalized spacial score (nSPS) is 32.5. The molecule has 1 aliphatic heterocycles. The topological polar surface area (TPSA) is 82.3 Å². The van der Waals surface area contributed by atoms with Crippen LogP contribution in [-0.4, -0.2) is 41.4 Å². The molecule has 0 radical (unpaired) electrons. The molecule has 1 saturated carbocycles. The third-order valence-electron chi connectivity index (χ3n) is 3.83. The molecule has 3 N–H and O–H groups in total. The molecule has 0 bridgehead atoms. The van der Waals surface area contributed by atoms with E-state index < -0.39 is 0 Å². The summed E-state index contributed by atoms with van der Waals surface area (Å²) in [4.78, 5) is 8.53. The third-order valence-corrected chi connectivity index (χ3v) is 3.83. The van der Waals surface area contributed by atoms with Crippen LogP contribution in [0.5, 0.6) is 5.88 Å². The summed E-state index contributed by atoms with van der Waals surface area (Å²) < 4.78 is 11.2. The number of fused-ring (bicyclic) bond motifs is 1. The van der Waals surface area contributed by atoms with Crippen LogP contribution >= 0.6 is 0 Å². The smallest absolute Gasteiger partial charge is 0.226 e. The van der Waals surface area contributed by atoms with E-state index >= 15 is 0 Å². The first-order valence-corrected chi connectivity index (χ1v) is 6.89. The van der Waals surface area contributed by atoms with E-state index in [9.17, 15) is 0 Å². The minimum absolute atomic E-state index is 0.105. The Balaban J connectivity index is 1.63. The van der Waals surface area contributed by atoms with Crippen LogP contribution in [0.2, 0.25) is 0 Å². The van der Waals surface area contributed by atoms with Crippen LogP contribution in [0.15, 0.2) is 12.3 Å². The number of hydrogen-bond acceptors (Lipinski definition) is 6. The van der Waals surface area contributed by atoms with Gasteiger partial charge in [0.05, 0.1) is 18.8 Å². The molecule has 0 aromatic carbocycles. The molecule has 0 spiro atoms. The molecule has 19 heavy (non-hydrogen) atoms. The third kappa shape index (κ3) is 2.37. The molecular weight excluding hydrogens is 244 g/mol. The fraction of sp³-hybridized carbons (Fsp3) is 0.692. The summed E-state index contributed by atoms with van der Waals surface area (Å²) in [5.41, 5.74) is 6.14. The molecule has 1 aromatic rings. The Morgan fingerprint density at radius 1 is 1.58 bits per heavy atom. The van der Waals surface area contributed by atoms with Gasteiger partial charge in [-0.3, -0.25) is 0 Å². The van der Waals surface area contributed by atoms with Crippen molar-refractivity contribution in [2.24, 2.45) is 11.7 Å². The molecule has 2 fully saturated rings. The molecule has 4 atom stereocenters. The average molecular weight is 264 g/mol. The van der Waals surface area contributed by atoms with Crippen molar-refractivity contribution in [2.45, 2.75) is 38.0 Å². The number of ether oxygens (including phenoxy) is 2. The molecule has 1 aromatic heterocycles. The Bertz CT molecular complexity index is 442. The Kier molecular flexibility index (Phi) is 3.52. The number of hydrogen-bond donors (Lipinski definition) is 2. The summed E-state index contributed by atoms with van der Waals surface area (Å²) in [6.07, 6.45) is 3.92. The Morgan fingerprint density at radius 3 is 3.32 bits per heavy atom. The van der Waals surface area contributed by atoms with Crippen molar-refractivity contribution in [3.63, 3.8) is 0 Å². The minimum Gasteiger partial charge on any atom is -0.478 e. The van der Waals surface area contributed by atoms with E-state index in [0.29, 0.717) is 24.4 Å². The van der Waals surface area contributed by atoms with Gasteiger partial charge in [-0.1, -0.05) is 6.92 Å². The lowest BCUT2D eigenvalue weighted by molar-refractivity contribution is 0.00507. The van der Waals surface area contributed by atoms with Gasteiger partial charge < -0.3 is 20.5 Å². The molecular formula is C13H20N4O2. The maximum atomic E-state index is 6.14. The van der Waals surface area contributed by atoms with E-state index in [1.165, 1.54) is 0 Å². The van der Waals surface area contributed by atoms with Gasteiger partial charge in [0.2, 0.25) is 11.8 Å². The zero-order valence-electron chi connectivity index (χ0n) is 11.1. The van der Waals surface area contributed by atoms with Gasteiger partial charge in [0, 0.05) is 30.8 Å². The van der Waals surface area contributed by atoms with E-state index in [-0.39, 0.29) is 18.2 Å². The van der Waals surface area contributed by atoms with Crippen molar-refractivity contribution < 1.29 is 9.47 Å². The summed E-state index contributed by atoms with van der Waals surface area (Å²) in [6.45, 7) is 3.53. The standard InChI is InChI=1S/C13H20N4O2/c1-2-6-18-9-3-5-15-13(16-9)17-11-10(14)8-4-7-19-12(8)11/h3,5,8,10-12H,2,4,6-7,14H2,1H3,(H,15,16,17). The number of anilines is 1. The molecule has 2 aliphatic rings. The van der Waals surface area contributed by atoms with Crippen molar-refractivity contribution in [1.29, 1.82) is 0 Å². The van der Waals surface area contributed by atoms with Crippen LogP contribution in [0.25, 0.3) is 0 Å². The Labute approximate surface area is 112 Å². The number of rotatable bonds is 5. The molecule has 3 rings (SSSR count). The Hall–Kier alpha value is -1.40. The summed E-state index contributed by atoms with van der Waals surface area (Å²) in [7, 11) is 0. The molecule has 2 heterocycles. The van der Waals surface area contributed by atoms with Crippen molar-refractivity contribution in [3.05, 3.63) is 12.3 Å². The van der Waals surface area contributed by atoms with Crippen molar-refractivity contribution in [1.82, 2.24) is 9.97 Å². The zero-order chi connectivity index (χ0) is 13.2. The molecule has 0 amide bonds. The first-order valence-electron chi connectivity index (χ1n) is 6.89. The van der Waals surface area contributed by atoms with Gasteiger partial charge in [-0.05, 0) is 12.8 Å². The van der Waals surface area contributed by atoms with E-state index in [0.717, 1.165) is 19.4 Å². The second kappa shape index (κ2) is 5.30. The second-order valence-corrected chi connectivity index (χ2v) is 5.10. The van der Waals surface area contributed by atoms with Gasteiger partial charge in [-0.2, -0.15) is 4.98 Å². The first-order chi connectivity index (χ1) is 9.29. The second-order valence-electron chi connectivity index (χ2n) is 5.10. The van der Waals surface area contributed by atoms with E-state index in [2.05, 4.69) is 22.2 Å². The van der Waals surface area contributed by atoms with Crippen LogP contribution in [0.1, 0.15) is 19.8 Å². The maximum absolute atomic E-state index is 6.14. The van der Waals surface area contributed by atoms with Gasteiger partial charge in [-0.15, -0.1) is 0 Å². The van der Waals surface area contributed by atoms with Crippen LogP contribution in [0.3, 0.4) is 0 Å². The van der Waals surface area contributed by atoms with Crippen molar-refractivity contribution in [2.75, 3.05) is 18.5 Å². The van der Waals surface area contributed by atoms with Gasteiger partial charge in [0.15, 0.2) is 0 Å². The summed E-state index contributed by atoms with van der Waals surface area (Å²) >= 11 is 0. The van der Waals surface area contributed by atoms with E-state index in [1.807, 2.05) is 0 Å². The number of nitrogens with one attached hydrogen (secondary N) is 1. The first kappa shape index (κ1) is 12.6. The molecule has 4 unspecified atom stereocenters. The SMILES string of the molecule is CCCOc1ccnc(NC2C(N)C3CCOC32)n1. The van der Waals surface area contributed by atoms with E-state index in [4.69, 9.17) is 15.2 Å². The Morgan fingerprint density at radius 2 is 2.47 bits per heavy atom. The maximum Gasteiger partial charge on any atom is 0.226 e. The number of aromatic nitrogens is 2. The fourth-order valence-corrected chi connectivity index (χ4v) is 2.78. The van der Waals surface area contributed by atoms with Crippen LogP contribution in [0, 0.1) is 5.92 Å². The van der Waals surface area contributed by atoms with E-state index in [1.54, 1.807) is 12.3 Å². The van der Waals surface area contributed by atoms with Gasteiger partial charge >= 0.3 is 0 Å². The summed E-state index contributed by atoms with van der Waals surface area (Å²) in [5, 5.41) is 3.26. The van der Waals surface area contributed by atoms with Gasteiger partial charge in [0.1, 0.15) is 0 Å². The van der Waals surface area contributed by atoms with Crippen LogP contribution in [0.4, 0.5) is 5.95 Å². The number of nitrogens with zero attached hydrogens (tertiary/aromatic N) is 2. The van der Waals surface area contributed by atoms with Crippen molar-refractivity contribution >= 4 is 5.95 Å². The predicted molar refractivity (Wildman–Crippen MR) is 71.1 cm³/mol. The molecule has 104 valence electrons. The quantitative estimate of drug-likeness (QED) is 0.818. The highest BCUT2D eigenvalue weighted by molar-refractivity contribution is 5.33. The van der Waals surface area contributed by atoms with Crippen molar-refractivity contribution in [3.8, 4) is 5.88 Å². The monoisotopic (exact) mass is 264 g/mol. The molecule has 6 heteroatoms. The predicted octanol–water partition coefficient (Wildman–Crippen LogP) is 0.792. The summed E-state index contributed by atoms with van der Waals surface area (Å²) in [6, 6.07) is 1.99. The van der Waals surface area contributed by atoms with Crippen LogP contribution < -0.4 is 15.8 Å². The lowest BCUT2D eigenvalue weighted by Gasteiger charge is -2.45. The molecule has 1 saturated heterocycles. The lowest BCUT2D eigenvalue weighted by Crippen LogP contribution is -2.65. The highest BCUT2D eigenvalue weighted by atomic mass is 16.5. The van der Waals surface area contributed by atoms with Crippen LogP contribution in [-0.2, 0) is 4.74 Å². The largest absolute Gasteiger partial charge is 0.478 e. The molecule has 1 aliphatic carbocycles.